The van der Waals surface area contributed by atoms with Crippen molar-refractivity contribution in [2.75, 3.05) is 35.0 Å². The average molecular weight is 439 g/mol. The Labute approximate surface area is 185 Å². The topological polar surface area (TPSA) is 96.2 Å². The van der Waals surface area contributed by atoms with Crippen LogP contribution in [0.25, 0.3) is 11.4 Å². The van der Waals surface area contributed by atoms with Gasteiger partial charge in [0.05, 0.1) is 28.4 Å². The summed E-state index contributed by atoms with van der Waals surface area (Å²) in [4.78, 5) is 19.6. The van der Waals surface area contributed by atoms with Crippen molar-refractivity contribution < 1.29 is 28.3 Å². The molecule has 0 unspecified atom stereocenters. The molecule has 1 amide bonds. The summed E-state index contributed by atoms with van der Waals surface area (Å²) in [5.74, 6) is 2.96. The molecule has 168 valence electrons. The third kappa shape index (κ3) is 4.05. The molecule has 1 aliphatic rings. The third-order valence-electron chi connectivity index (χ3n) is 5.48. The minimum Gasteiger partial charge on any atom is -0.497 e. The zero-order valence-electron chi connectivity index (χ0n) is 18.5. The first-order valence-electron chi connectivity index (χ1n) is 10.2. The van der Waals surface area contributed by atoms with Gasteiger partial charge in [0.15, 0.2) is 11.5 Å². The van der Waals surface area contributed by atoms with Crippen LogP contribution in [0, 0.1) is 0 Å². The van der Waals surface area contributed by atoms with Crippen molar-refractivity contribution in [2.24, 2.45) is 0 Å². The molecule has 1 aliphatic heterocycles. The lowest BCUT2D eigenvalue weighted by Crippen LogP contribution is -2.30. The molecular weight excluding hydrogens is 414 g/mol. The summed E-state index contributed by atoms with van der Waals surface area (Å²) < 4.78 is 26.8. The molecule has 0 aliphatic carbocycles. The second kappa shape index (κ2) is 9.17. The number of amides is 1. The van der Waals surface area contributed by atoms with Gasteiger partial charge in [0.25, 0.3) is 5.91 Å². The van der Waals surface area contributed by atoms with Crippen molar-refractivity contribution in [2.45, 2.75) is 18.9 Å². The highest BCUT2D eigenvalue weighted by Gasteiger charge is 2.35. The second-order valence-electron chi connectivity index (χ2n) is 7.28. The van der Waals surface area contributed by atoms with E-state index in [1.807, 2.05) is 6.07 Å². The van der Waals surface area contributed by atoms with Gasteiger partial charge in [-0.3, -0.25) is 4.79 Å². The molecule has 1 saturated heterocycles. The molecule has 0 saturated carbocycles. The van der Waals surface area contributed by atoms with E-state index in [2.05, 4.69) is 10.1 Å². The summed E-state index contributed by atoms with van der Waals surface area (Å²) in [6.07, 6.45) is 1.58. The Morgan fingerprint density at radius 2 is 1.69 bits per heavy atom. The summed E-state index contributed by atoms with van der Waals surface area (Å²) in [6, 6.07) is 10.2. The molecule has 2 heterocycles. The molecule has 0 radical (unpaired) electrons. The van der Waals surface area contributed by atoms with Gasteiger partial charge in [0.1, 0.15) is 17.5 Å². The van der Waals surface area contributed by atoms with Gasteiger partial charge in [-0.25, -0.2) is 0 Å². The van der Waals surface area contributed by atoms with Crippen LogP contribution >= 0.6 is 0 Å². The smallest absolute Gasteiger partial charge is 0.254 e. The van der Waals surface area contributed by atoms with E-state index in [9.17, 15) is 4.79 Å². The standard InChI is InChI=1S/C23H25N3O6/c1-28-16-10-15(11-17(13-16)29-2)23(27)26-9-5-6-18(26)22-24-21(25-32-22)14-7-8-19(30-3)20(12-14)31-4/h7-8,10-13,18H,5-6,9H2,1-4H3/t18-/m1/s1. The molecule has 2 aromatic carbocycles. The lowest BCUT2D eigenvalue weighted by atomic mass is 10.1. The number of nitrogens with zero attached hydrogens (tertiary/aromatic N) is 3. The molecule has 0 spiro atoms. The number of rotatable bonds is 7. The first-order valence-corrected chi connectivity index (χ1v) is 10.2. The number of hydrogen-bond donors (Lipinski definition) is 0. The van der Waals surface area contributed by atoms with E-state index in [1.165, 1.54) is 0 Å². The molecule has 0 N–H and O–H groups in total. The minimum atomic E-state index is -0.305. The molecule has 1 atom stereocenters. The van der Waals surface area contributed by atoms with Crippen LogP contribution in [0.2, 0.25) is 0 Å². The van der Waals surface area contributed by atoms with Crippen molar-refractivity contribution in [1.29, 1.82) is 0 Å². The SMILES string of the molecule is COc1cc(OC)cc(C(=O)N2CCC[C@@H]2c2nc(-c3ccc(OC)c(OC)c3)no2)c1. The van der Waals surface area contributed by atoms with E-state index in [0.717, 1.165) is 18.4 Å². The Morgan fingerprint density at radius 1 is 0.969 bits per heavy atom. The van der Waals surface area contributed by atoms with Crippen LogP contribution in [0.5, 0.6) is 23.0 Å². The molecule has 32 heavy (non-hydrogen) atoms. The van der Waals surface area contributed by atoms with Gasteiger partial charge in [0.2, 0.25) is 11.7 Å². The normalized spacial score (nSPS) is 15.5. The van der Waals surface area contributed by atoms with Crippen molar-refractivity contribution in [3.05, 3.63) is 47.9 Å². The van der Waals surface area contributed by atoms with Crippen LogP contribution in [0.3, 0.4) is 0 Å². The highest BCUT2D eigenvalue weighted by atomic mass is 16.5. The number of benzene rings is 2. The number of likely N-dealkylation sites (tertiary alicyclic amines) is 1. The maximum atomic E-state index is 13.3. The largest absolute Gasteiger partial charge is 0.497 e. The highest BCUT2D eigenvalue weighted by Crippen LogP contribution is 2.36. The fourth-order valence-corrected chi connectivity index (χ4v) is 3.83. The van der Waals surface area contributed by atoms with E-state index in [-0.39, 0.29) is 11.9 Å². The zero-order chi connectivity index (χ0) is 22.7. The Balaban J connectivity index is 1.60. The highest BCUT2D eigenvalue weighted by molar-refractivity contribution is 5.95. The predicted molar refractivity (Wildman–Crippen MR) is 115 cm³/mol. The van der Waals surface area contributed by atoms with Crippen molar-refractivity contribution >= 4 is 5.91 Å². The van der Waals surface area contributed by atoms with E-state index in [4.69, 9.17) is 23.5 Å². The Hall–Kier alpha value is -3.75. The second-order valence-corrected chi connectivity index (χ2v) is 7.28. The van der Waals surface area contributed by atoms with Crippen molar-refractivity contribution in [1.82, 2.24) is 15.0 Å². The lowest BCUT2D eigenvalue weighted by Gasteiger charge is -2.22. The molecular formula is C23H25N3O6. The maximum absolute atomic E-state index is 13.3. The molecule has 3 aromatic rings. The van der Waals surface area contributed by atoms with Crippen LogP contribution in [-0.2, 0) is 0 Å². The lowest BCUT2D eigenvalue weighted by molar-refractivity contribution is 0.0709. The number of ether oxygens (including phenoxy) is 4. The summed E-state index contributed by atoms with van der Waals surface area (Å²) >= 11 is 0. The number of hydrogen-bond acceptors (Lipinski definition) is 8. The molecule has 9 heteroatoms. The van der Waals surface area contributed by atoms with Crippen LogP contribution in [0.1, 0.15) is 35.1 Å². The van der Waals surface area contributed by atoms with E-state index in [1.54, 1.807) is 63.7 Å². The quantitative estimate of drug-likeness (QED) is 0.549. The summed E-state index contributed by atoms with van der Waals surface area (Å²) in [6.45, 7) is 0.594. The summed E-state index contributed by atoms with van der Waals surface area (Å²) in [5.41, 5.74) is 1.21. The first-order chi connectivity index (χ1) is 15.6. The van der Waals surface area contributed by atoms with Crippen LogP contribution in [-0.4, -0.2) is 55.9 Å². The number of carbonyl (C=O) groups excluding carboxylic acids is 1. The predicted octanol–water partition coefficient (Wildman–Crippen LogP) is 3.75. The Kier molecular flexibility index (Phi) is 6.16. The zero-order valence-corrected chi connectivity index (χ0v) is 18.5. The van der Waals surface area contributed by atoms with Gasteiger partial charge in [-0.2, -0.15) is 4.98 Å². The van der Waals surface area contributed by atoms with Crippen LogP contribution in [0.15, 0.2) is 40.9 Å². The molecule has 4 rings (SSSR count). The van der Waals surface area contributed by atoms with E-state index < -0.39 is 0 Å². The number of methoxy groups -OCH3 is 4. The molecule has 1 aromatic heterocycles. The number of aromatic nitrogens is 2. The summed E-state index contributed by atoms with van der Waals surface area (Å²) in [5, 5.41) is 4.12. The number of carbonyl (C=O) groups is 1. The Bertz CT molecular complexity index is 1090. The van der Waals surface area contributed by atoms with Gasteiger partial charge < -0.3 is 28.4 Å². The first kappa shape index (κ1) is 21.5. The Morgan fingerprint density at radius 3 is 2.34 bits per heavy atom. The van der Waals surface area contributed by atoms with Gasteiger partial charge in [-0.1, -0.05) is 5.16 Å². The van der Waals surface area contributed by atoms with Crippen molar-refractivity contribution in [3.8, 4) is 34.4 Å². The summed E-state index contributed by atoms with van der Waals surface area (Å²) in [7, 11) is 6.25. The maximum Gasteiger partial charge on any atom is 0.254 e. The minimum absolute atomic E-state index is 0.143. The van der Waals surface area contributed by atoms with Crippen LogP contribution < -0.4 is 18.9 Å². The third-order valence-corrected chi connectivity index (χ3v) is 5.48. The van der Waals surface area contributed by atoms with Crippen molar-refractivity contribution in [3.63, 3.8) is 0 Å². The van der Waals surface area contributed by atoms with Gasteiger partial charge in [-0.15, -0.1) is 0 Å². The molecule has 0 bridgehead atoms. The average Bonchev–Trinajstić information content (AvgIpc) is 3.52. The molecule has 1 fully saturated rings. The van der Waals surface area contributed by atoms with Gasteiger partial charge in [0, 0.05) is 23.7 Å². The van der Waals surface area contributed by atoms with Gasteiger partial charge in [-0.05, 0) is 43.2 Å². The fourth-order valence-electron chi connectivity index (χ4n) is 3.83. The molecule has 9 nitrogen and oxygen atoms in total. The fraction of sp³-hybridized carbons (Fsp3) is 0.348. The van der Waals surface area contributed by atoms with E-state index >= 15 is 0 Å². The van der Waals surface area contributed by atoms with E-state index in [0.29, 0.717) is 46.8 Å². The van der Waals surface area contributed by atoms with Crippen LogP contribution in [0.4, 0.5) is 0 Å². The van der Waals surface area contributed by atoms with Gasteiger partial charge >= 0.3 is 0 Å². The monoisotopic (exact) mass is 439 g/mol.